The van der Waals surface area contributed by atoms with Crippen LogP contribution in [0.2, 0.25) is 0 Å². The average Bonchev–Trinajstić information content (AvgIpc) is 2.75. The summed E-state index contributed by atoms with van der Waals surface area (Å²) in [7, 11) is 3.20. The second-order valence-electron chi connectivity index (χ2n) is 6.54. The van der Waals surface area contributed by atoms with Crippen molar-refractivity contribution in [3.05, 3.63) is 59.2 Å². The zero-order valence-electron chi connectivity index (χ0n) is 16.1. The molecule has 1 heterocycles. The second kappa shape index (κ2) is 8.75. The Morgan fingerprint density at radius 1 is 1.14 bits per heavy atom. The van der Waals surface area contributed by atoms with Crippen LogP contribution in [-0.2, 0) is 16.0 Å². The van der Waals surface area contributed by atoms with Crippen LogP contribution < -0.4 is 20.5 Å². The van der Waals surface area contributed by atoms with Crippen LogP contribution in [0.25, 0.3) is 0 Å². The van der Waals surface area contributed by atoms with Crippen LogP contribution in [-0.4, -0.2) is 50.6 Å². The van der Waals surface area contributed by atoms with Crippen molar-refractivity contribution in [3.8, 4) is 11.5 Å². The van der Waals surface area contributed by atoms with E-state index in [2.05, 4.69) is 5.32 Å². The zero-order chi connectivity index (χ0) is 20.1. The summed E-state index contributed by atoms with van der Waals surface area (Å²) in [5, 5.41) is 2.57. The molecule has 1 atom stereocenters. The molecule has 3 rings (SSSR count). The van der Waals surface area contributed by atoms with E-state index in [-0.39, 0.29) is 30.9 Å². The Morgan fingerprint density at radius 2 is 1.82 bits per heavy atom. The van der Waals surface area contributed by atoms with Gasteiger partial charge in [0.15, 0.2) is 11.5 Å². The van der Waals surface area contributed by atoms with Crippen molar-refractivity contribution in [2.24, 2.45) is 5.73 Å². The number of hydrogen-bond acceptors (Lipinski definition) is 5. The molecule has 1 unspecified atom stereocenters. The highest BCUT2D eigenvalue weighted by molar-refractivity contribution is 5.86. The maximum Gasteiger partial charge on any atom is 0.242 e. The van der Waals surface area contributed by atoms with E-state index >= 15 is 0 Å². The van der Waals surface area contributed by atoms with Crippen molar-refractivity contribution in [1.29, 1.82) is 0 Å². The van der Waals surface area contributed by atoms with Gasteiger partial charge in [-0.05, 0) is 35.2 Å². The number of fused-ring (bicyclic) bond motifs is 1. The van der Waals surface area contributed by atoms with Gasteiger partial charge in [0.1, 0.15) is 0 Å². The predicted molar refractivity (Wildman–Crippen MR) is 105 cm³/mol. The summed E-state index contributed by atoms with van der Waals surface area (Å²) in [6.07, 6.45) is 0.690. The number of rotatable bonds is 6. The molecular weight excluding hydrogens is 358 g/mol. The molecule has 0 bridgehead atoms. The summed E-state index contributed by atoms with van der Waals surface area (Å²) in [4.78, 5) is 26.2. The summed E-state index contributed by atoms with van der Waals surface area (Å²) >= 11 is 0. The van der Waals surface area contributed by atoms with Crippen LogP contribution in [0.1, 0.15) is 22.7 Å². The number of ether oxygens (including phenoxy) is 2. The number of amides is 2. The molecule has 0 saturated carbocycles. The lowest BCUT2D eigenvalue weighted by atomic mass is 9.87. The summed E-state index contributed by atoms with van der Waals surface area (Å²) in [5.74, 6) is 0.778. The SMILES string of the molecule is COc1cc2c(cc1OC)C(c1ccccc1)N(C(=O)CNC(=O)CN)CC2. The second-order valence-corrected chi connectivity index (χ2v) is 6.54. The number of hydrogen-bond donors (Lipinski definition) is 2. The lowest BCUT2D eigenvalue weighted by molar-refractivity contribution is -0.134. The third-order valence-electron chi connectivity index (χ3n) is 4.93. The molecule has 0 fully saturated rings. The van der Waals surface area contributed by atoms with Gasteiger partial charge in [-0.1, -0.05) is 30.3 Å². The Morgan fingerprint density at radius 3 is 2.46 bits per heavy atom. The lowest BCUT2D eigenvalue weighted by Crippen LogP contribution is -2.46. The Kier molecular flexibility index (Phi) is 6.16. The number of carbonyl (C=O) groups excluding carboxylic acids is 2. The molecule has 3 N–H and O–H groups in total. The van der Waals surface area contributed by atoms with Crippen molar-refractivity contribution in [3.63, 3.8) is 0 Å². The molecular formula is C21H25N3O4. The molecule has 2 amide bonds. The minimum Gasteiger partial charge on any atom is -0.493 e. The molecule has 2 aromatic rings. The van der Waals surface area contributed by atoms with Gasteiger partial charge in [-0.15, -0.1) is 0 Å². The molecule has 0 aliphatic carbocycles. The molecule has 0 radical (unpaired) electrons. The number of nitrogens with zero attached hydrogens (tertiary/aromatic N) is 1. The Bertz CT molecular complexity index is 854. The first-order valence-corrected chi connectivity index (χ1v) is 9.15. The van der Waals surface area contributed by atoms with Gasteiger partial charge < -0.3 is 25.4 Å². The monoisotopic (exact) mass is 383 g/mol. The van der Waals surface area contributed by atoms with Gasteiger partial charge in [0.2, 0.25) is 11.8 Å². The number of benzene rings is 2. The van der Waals surface area contributed by atoms with Gasteiger partial charge >= 0.3 is 0 Å². The molecule has 28 heavy (non-hydrogen) atoms. The van der Waals surface area contributed by atoms with E-state index in [1.807, 2.05) is 42.5 Å². The highest BCUT2D eigenvalue weighted by Crippen LogP contribution is 2.40. The number of carbonyl (C=O) groups is 2. The summed E-state index contributed by atoms with van der Waals surface area (Å²) in [6, 6.07) is 13.5. The standard InChI is InChI=1S/C21H25N3O4/c1-27-17-10-15-8-9-24(20(26)13-23-19(25)12-22)21(14-6-4-3-5-7-14)16(15)11-18(17)28-2/h3-7,10-11,21H,8-9,12-13,22H2,1-2H3,(H,23,25). The Balaban J connectivity index is 2.01. The fraction of sp³-hybridized carbons (Fsp3) is 0.333. The van der Waals surface area contributed by atoms with Crippen LogP contribution in [0.3, 0.4) is 0 Å². The highest BCUT2D eigenvalue weighted by atomic mass is 16.5. The number of nitrogens with one attached hydrogen (secondary N) is 1. The van der Waals surface area contributed by atoms with Crippen LogP contribution in [0, 0.1) is 0 Å². The molecule has 148 valence electrons. The van der Waals surface area contributed by atoms with Crippen LogP contribution in [0.5, 0.6) is 11.5 Å². The zero-order valence-corrected chi connectivity index (χ0v) is 16.1. The van der Waals surface area contributed by atoms with Crippen molar-refractivity contribution in [2.45, 2.75) is 12.5 Å². The normalized spacial score (nSPS) is 15.5. The van der Waals surface area contributed by atoms with E-state index in [4.69, 9.17) is 15.2 Å². The number of methoxy groups -OCH3 is 2. The minimum atomic E-state index is -0.353. The molecule has 1 aliphatic heterocycles. The third kappa shape index (κ3) is 3.94. The van der Waals surface area contributed by atoms with Gasteiger partial charge in [-0.2, -0.15) is 0 Å². The summed E-state index contributed by atoms with van der Waals surface area (Å²) in [6.45, 7) is 0.316. The van der Waals surface area contributed by atoms with Gasteiger partial charge in [0.05, 0.1) is 33.4 Å². The van der Waals surface area contributed by atoms with E-state index in [1.54, 1.807) is 19.1 Å². The molecule has 2 aromatic carbocycles. The smallest absolute Gasteiger partial charge is 0.242 e. The first-order valence-electron chi connectivity index (χ1n) is 9.15. The summed E-state index contributed by atoms with van der Waals surface area (Å²) < 4.78 is 10.9. The van der Waals surface area contributed by atoms with E-state index in [1.165, 1.54) is 0 Å². The van der Waals surface area contributed by atoms with Crippen LogP contribution in [0.15, 0.2) is 42.5 Å². The summed E-state index contributed by atoms with van der Waals surface area (Å²) in [5.41, 5.74) is 8.42. The molecule has 0 aromatic heterocycles. The fourth-order valence-corrected chi connectivity index (χ4v) is 3.56. The highest BCUT2D eigenvalue weighted by Gasteiger charge is 2.33. The Hall–Kier alpha value is -3.06. The van der Waals surface area contributed by atoms with E-state index in [0.717, 1.165) is 16.7 Å². The topological polar surface area (TPSA) is 93.9 Å². The van der Waals surface area contributed by atoms with Gasteiger partial charge in [-0.3, -0.25) is 9.59 Å². The first kappa shape index (κ1) is 19.7. The van der Waals surface area contributed by atoms with E-state index in [9.17, 15) is 9.59 Å². The minimum absolute atomic E-state index is 0.0814. The maximum absolute atomic E-state index is 12.9. The van der Waals surface area contributed by atoms with Crippen molar-refractivity contribution in [2.75, 3.05) is 33.9 Å². The first-order chi connectivity index (χ1) is 13.6. The van der Waals surface area contributed by atoms with E-state index in [0.29, 0.717) is 24.5 Å². The maximum atomic E-state index is 12.9. The predicted octanol–water partition coefficient (Wildman–Crippen LogP) is 1.25. The average molecular weight is 383 g/mol. The van der Waals surface area contributed by atoms with Crippen LogP contribution >= 0.6 is 0 Å². The molecule has 1 aliphatic rings. The van der Waals surface area contributed by atoms with Gasteiger partial charge in [-0.25, -0.2) is 0 Å². The fourth-order valence-electron chi connectivity index (χ4n) is 3.56. The van der Waals surface area contributed by atoms with Crippen LogP contribution in [0.4, 0.5) is 0 Å². The molecule has 0 spiro atoms. The Labute approximate surface area is 164 Å². The molecule has 7 heteroatoms. The van der Waals surface area contributed by atoms with Crippen molar-refractivity contribution >= 4 is 11.8 Å². The number of nitrogens with two attached hydrogens (primary N) is 1. The van der Waals surface area contributed by atoms with Gasteiger partial charge in [0.25, 0.3) is 0 Å². The molecule has 0 saturated heterocycles. The van der Waals surface area contributed by atoms with E-state index < -0.39 is 0 Å². The molecule has 7 nitrogen and oxygen atoms in total. The van der Waals surface area contributed by atoms with Crippen molar-refractivity contribution < 1.29 is 19.1 Å². The largest absolute Gasteiger partial charge is 0.493 e. The third-order valence-corrected chi connectivity index (χ3v) is 4.93. The van der Waals surface area contributed by atoms with Gasteiger partial charge in [0, 0.05) is 6.54 Å². The van der Waals surface area contributed by atoms with Crippen molar-refractivity contribution in [1.82, 2.24) is 10.2 Å². The lowest BCUT2D eigenvalue weighted by Gasteiger charge is -2.38. The quantitative estimate of drug-likeness (QED) is 0.783.